The van der Waals surface area contributed by atoms with Gasteiger partial charge in [-0.1, -0.05) is 24.6 Å². The second kappa shape index (κ2) is 9.25. The molecule has 5 heteroatoms. The van der Waals surface area contributed by atoms with Crippen molar-refractivity contribution in [2.75, 3.05) is 0 Å². The maximum atomic E-state index is 12.7. The Labute approximate surface area is 197 Å². The number of Topliss-reactive ketones (excluding diaryl/α,β-unsaturated/α-hetero) is 2. The first-order valence-electron chi connectivity index (χ1n) is 12.5. The first-order valence-corrected chi connectivity index (χ1v) is 12.5. The van der Waals surface area contributed by atoms with Crippen LogP contribution in [0.5, 0.6) is 11.5 Å². The Bertz CT molecular complexity index is 913. The summed E-state index contributed by atoms with van der Waals surface area (Å²) in [5.74, 6) is 1.94. The van der Waals surface area contributed by atoms with Crippen LogP contribution in [0, 0.1) is 11.8 Å². The van der Waals surface area contributed by atoms with Crippen molar-refractivity contribution in [3.05, 3.63) is 35.4 Å². The maximum absolute atomic E-state index is 12.7. The third kappa shape index (κ3) is 5.51. The molecule has 4 rings (SSSR count). The number of carbonyl (C=O) groups excluding carboxylic acids is 2. The minimum atomic E-state index is -0.719. The van der Waals surface area contributed by atoms with Crippen molar-refractivity contribution >= 4 is 11.6 Å². The lowest BCUT2D eigenvalue weighted by molar-refractivity contribution is -0.120. The second-order valence-electron chi connectivity index (χ2n) is 11.1. The van der Waals surface area contributed by atoms with Gasteiger partial charge in [0.2, 0.25) is 5.79 Å². The van der Waals surface area contributed by atoms with Crippen LogP contribution < -0.4 is 9.47 Å². The summed E-state index contributed by atoms with van der Waals surface area (Å²) in [6.45, 7) is 10.4. The van der Waals surface area contributed by atoms with Gasteiger partial charge in [0.1, 0.15) is 5.78 Å². The van der Waals surface area contributed by atoms with Gasteiger partial charge in [-0.2, -0.15) is 0 Å². The molecule has 5 nitrogen and oxygen atoms in total. The van der Waals surface area contributed by atoms with E-state index < -0.39 is 5.79 Å². The number of benzene rings is 1. The van der Waals surface area contributed by atoms with Crippen LogP contribution in [0.2, 0.25) is 0 Å². The molecule has 1 heterocycles. The van der Waals surface area contributed by atoms with E-state index in [0.29, 0.717) is 50.4 Å². The highest BCUT2D eigenvalue weighted by Gasteiger charge is 2.44. The molecule has 1 fully saturated rings. The second-order valence-corrected chi connectivity index (χ2v) is 11.1. The largest absolute Gasteiger partial charge is 0.449 e. The number of ether oxygens (including phenoxy) is 3. The molecule has 2 unspecified atom stereocenters. The normalized spacial score (nSPS) is 26.0. The van der Waals surface area contributed by atoms with Gasteiger partial charge in [0.05, 0.1) is 11.7 Å². The van der Waals surface area contributed by atoms with E-state index in [0.717, 1.165) is 29.9 Å². The average molecular weight is 455 g/mol. The monoisotopic (exact) mass is 454 g/mol. The molecule has 0 N–H and O–H groups in total. The summed E-state index contributed by atoms with van der Waals surface area (Å²) in [6.07, 6.45) is 5.33. The van der Waals surface area contributed by atoms with Gasteiger partial charge < -0.3 is 14.2 Å². The Morgan fingerprint density at radius 2 is 1.82 bits per heavy atom. The van der Waals surface area contributed by atoms with Gasteiger partial charge in [-0.25, -0.2) is 0 Å². The molecule has 2 aliphatic carbocycles. The molecular weight excluding hydrogens is 416 g/mol. The van der Waals surface area contributed by atoms with E-state index >= 15 is 0 Å². The Morgan fingerprint density at radius 1 is 1.15 bits per heavy atom. The third-order valence-corrected chi connectivity index (χ3v) is 7.08. The molecule has 33 heavy (non-hydrogen) atoms. The fraction of sp³-hybridized carbons (Fsp3) is 0.643. The lowest BCUT2D eigenvalue weighted by Crippen LogP contribution is -2.35. The molecule has 0 radical (unpaired) electrons. The Kier molecular flexibility index (Phi) is 6.73. The number of hydrogen-bond acceptors (Lipinski definition) is 5. The number of para-hydroxylation sites is 2. The highest BCUT2D eigenvalue weighted by atomic mass is 16.7. The zero-order valence-corrected chi connectivity index (χ0v) is 20.7. The van der Waals surface area contributed by atoms with Gasteiger partial charge in [0, 0.05) is 38.5 Å². The van der Waals surface area contributed by atoms with Crippen molar-refractivity contribution in [1.82, 2.24) is 0 Å². The van der Waals surface area contributed by atoms with Crippen LogP contribution in [0.1, 0.15) is 86.0 Å². The van der Waals surface area contributed by atoms with Crippen molar-refractivity contribution in [3.63, 3.8) is 0 Å². The standard InChI is InChI=1S/C28H38O5/c1-18-17-22-20(23(30)15-14-21(22)26(18)33-27(2,3)4)13-12-19(29)9-8-16-28(5)31-24-10-6-7-11-25(24)32-28/h6-7,10-11,18,21,26H,8-9,12-17H2,1-5H3/t18?,21?,26-/m0/s1. The molecular formula is C28H38O5. The SMILES string of the molecule is CC1CC2=C(CCC(=O)CCCC3(C)Oc4ccccc4O3)C(=O)CCC2[C@H]1OC(C)(C)C. The lowest BCUT2D eigenvalue weighted by Gasteiger charge is -2.33. The first-order chi connectivity index (χ1) is 15.5. The summed E-state index contributed by atoms with van der Waals surface area (Å²) in [5.41, 5.74) is 1.98. The van der Waals surface area contributed by atoms with Gasteiger partial charge in [-0.15, -0.1) is 0 Å². The van der Waals surface area contributed by atoms with E-state index in [1.165, 1.54) is 5.57 Å². The number of carbonyl (C=O) groups is 2. The number of allylic oxidation sites excluding steroid dienone is 1. The third-order valence-electron chi connectivity index (χ3n) is 7.08. The highest BCUT2D eigenvalue weighted by molar-refractivity contribution is 5.98. The Morgan fingerprint density at radius 3 is 2.45 bits per heavy atom. The van der Waals surface area contributed by atoms with E-state index in [4.69, 9.17) is 14.2 Å². The molecule has 0 saturated heterocycles. The average Bonchev–Trinajstić information content (AvgIpc) is 3.22. The molecule has 0 amide bonds. The van der Waals surface area contributed by atoms with Crippen LogP contribution in [-0.2, 0) is 14.3 Å². The molecule has 1 aromatic rings. The van der Waals surface area contributed by atoms with Crippen LogP contribution in [0.3, 0.4) is 0 Å². The van der Waals surface area contributed by atoms with Crippen LogP contribution in [-0.4, -0.2) is 29.1 Å². The predicted octanol–water partition coefficient (Wildman–Crippen LogP) is 6.19. The van der Waals surface area contributed by atoms with Gasteiger partial charge in [0.25, 0.3) is 0 Å². The van der Waals surface area contributed by atoms with E-state index in [1.54, 1.807) is 0 Å². The summed E-state index contributed by atoms with van der Waals surface area (Å²) < 4.78 is 18.3. The predicted molar refractivity (Wildman–Crippen MR) is 127 cm³/mol. The minimum absolute atomic E-state index is 0.162. The number of hydrogen-bond donors (Lipinski definition) is 0. The molecule has 1 aromatic carbocycles. The van der Waals surface area contributed by atoms with Gasteiger partial charge in [-0.05, 0) is 70.1 Å². The summed E-state index contributed by atoms with van der Waals surface area (Å²) in [5, 5.41) is 0. The van der Waals surface area contributed by atoms with E-state index in [2.05, 4.69) is 27.7 Å². The molecule has 3 atom stereocenters. The van der Waals surface area contributed by atoms with Gasteiger partial charge >= 0.3 is 0 Å². The highest BCUT2D eigenvalue weighted by Crippen LogP contribution is 2.47. The zero-order valence-electron chi connectivity index (χ0n) is 20.7. The number of rotatable bonds is 8. The Balaban J connectivity index is 1.30. The van der Waals surface area contributed by atoms with E-state index in [-0.39, 0.29) is 23.3 Å². The van der Waals surface area contributed by atoms with Crippen LogP contribution in [0.25, 0.3) is 0 Å². The summed E-state index contributed by atoms with van der Waals surface area (Å²) in [4.78, 5) is 25.4. The lowest BCUT2D eigenvalue weighted by atomic mass is 9.81. The molecule has 0 spiro atoms. The van der Waals surface area contributed by atoms with Crippen molar-refractivity contribution in [2.24, 2.45) is 11.8 Å². The van der Waals surface area contributed by atoms with Crippen LogP contribution in [0.4, 0.5) is 0 Å². The molecule has 0 aromatic heterocycles. The quantitative estimate of drug-likeness (QED) is 0.468. The molecule has 0 bridgehead atoms. The molecule has 1 saturated carbocycles. The summed E-state index contributed by atoms with van der Waals surface area (Å²) in [6, 6.07) is 7.64. The fourth-order valence-corrected chi connectivity index (χ4v) is 5.62. The first kappa shape index (κ1) is 24.0. The van der Waals surface area contributed by atoms with Crippen LogP contribution >= 0.6 is 0 Å². The van der Waals surface area contributed by atoms with Crippen molar-refractivity contribution < 1.29 is 23.8 Å². The van der Waals surface area contributed by atoms with Crippen molar-refractivity contribution in [3.8, 4) is 11.5 Å². The fourth-order valence-electron chi connectivity index (χ4n) is 5.62. The zero-order chi connectivity index (χ0) is 23.8. The maximum Gasteiger partial charge on any atom is 0.248 e. The van der Waals surface area contributed by atoms with Crippen molar-refractivity contribution in [1.29, 1.82) is 0 Å². The molecule has 180 valence electrons. The van der Waals surface area contributed by atoms with Crippen molar-refractivity contribution in [2.45, 2.75) is 103 Å². The van der Waals surface area contributed by atoms with Gasteiger partial charge in [-0.3, -0.25) is 9.59 Å². The summed E-state index contributed by atoms with van der Waals surface area (Å²) in [7, 11) is 0. The Hall–Kier alpha value is -2.14. The number of ketones is 2. The van der Waals surface area contributed by atoms with E-state index in [1.807, 2.05) is 31.2 Å². The molecule has 1 aliphatic heterocycles. The minimum Gasteiger partial charge on any atom is -0.449 e. The van der Waals surface area contributed by atoms with Gasteiger partial charge in [0.15, 0.2) is 17.3 Å². The van der Waals surface area contributed by atoms with Crippen LogP contribution in [0.15, 0.2) is 35.4 Å². The molecule has 3 aliphatic rings. The topological polar surface area (TPSA) is 61.8 Å². The van der Waals surface area contributed by atoms with E-state index in [9.17, 15) is 9.59 Å². The summed E-state index contributed by atoms with van der Waals surface area (Å²) >= 11 is 0. The smallest absolute Gasteiger partial charge is 0.248 e. The number of fused-ring (bicyclic) bond motifs is 2.